The maximum Gasteiger partial charge on any atom is 0.251 e. The van der Waals surface area contributed by atoms with Gasteiger partial charge in [0, 0.05) is 43.2 Å². The lowest BCUT2D eigenvalue weighted by atomic mass is 9.93. The summed E-state index contributed by atoms with van der Waals surface area (Å²) >= 11 is 0. The molecule has 4 aromatic rings. The zero-order valence-corrected chi connectivity index (χ0v) is 36.7. The van der Waals surface area contributed by atoms with Crippen molar-refractivity contribution >= 4 is 29.5 Å². The number of nitrogens with two attached hydrogens (primary N) is 3. The van der Waals surface area contributed by atoms with E-state index in [-0.39, 0.29) is 52.2 Å². The van der Waals surface area contributed by atoms with Crippen molar-refractivity contribution in [2.45, 2.75) is 70.1 Å². The second-order valence-corrected chi connectivity index (χ2v) is 15.6. The van der Waals surface area contributed by atoms with Crippen LogP contribution in [0.15, 0.2) is 84.9 Å². The zero-order valence-electron chi connectivity index (χ0n) is 36.7. The number of aryl methyl sites for hydroxylation is 1. The molecule has 0 aromatic heterocycles. The summed E-state index contributed by atoms with van der Waals surface area (Å²) in [5, 5.41) is 19.9. The van der Waals surface area contributed by atoms with E-state index in [9.17, 15) is 24.0 Å². The summed E-state index contributed by atoms with van der Waals surface area (Å²) in [6.45, 7) is 4.06. The Morgan fingerprint density at radius 1 is 0.844 bits per heavy atom. The summed E-state index contributed by atoms with van der Waals surface area (Å²) in [4.78, 5) is 71.1. The molecule has 0 saturated carbocycles. The number of nitriles is 1. The molecule has 1 aliphatic heterocycles. The molecule has 1 aliphatic rings. The number of nitrogens with one attached hydrogen (secondary N) is 4. The van der Waals surface area contributed by atoms with Gasteiger partial charge in [0.25, 0.3) is 5.91 Å². The maximum absolute atomic E-state index is 14.6. The third kappa shape index (κ3) is 12.4. The minimum absolute atomic E-state index is 0.0117. The molecule has 5 amide bonds. The Morgan fingerprint density at radius 2 is 1.47 bits per heavy atom. The summed E-state index contributed by atoms with van der Waals surface area (Å²) in [5.41, 5.74) is 23.1. The first kappa shape index (κ1) is 48.2. The van der Waals surface area contributed by atoms with Crippen molar-refractivity contribution in [3.63, 3.8) is 0 Å². The normalized spacial score (nSPS) is 16.5. The van der Waals surface area contributed by atoms with Crippen LogP contribution in [0.1, 0.15) is 66.2 Å². The van der Waals surface area contributed by atoms with Gasteiger partial charge in [0.05, 0.1) is 6.07 Å². The van der Waals surface area contributed by atoms with E-state index in [1.165, 1.54) is 24.4 Å². The SMILES string of the molecule is CCCCc1ccc(-c2ccc(C(=O)N[C@@H](CCN)C(=O)N(C)[C@@H]3C(=O)N[C@@H](C)C(=O)N[C@H](C(=O)NCC#N)Cc4ccc(OCCN)c(c4)-c4cc3ccc4OCCN)cc2)cc1. The molecule has 0 radical (unpaired) electrons. The molecular formula is C48H59N9O7. The molecule has 16 nitrogen and oxygen atoms in total. The second-order valence-electron chi connectivity index (χ2n) is 15.6. The number of carbonyl (C=O) groups is 5. The first-order valence-corrected chi connectivity index (χ1v) is 21.6. The van der Waals surface area contributed by atoms with Crippen molar-refractivity contribution in [1.29, 1.82) is 5.26 Å². The van der Waals surface area contributed by atoms with Crippen LogP contribution in [-0.4, -0.2) is 99.0 Å². The summed E-state index contributed by atoms with van der Waals surface area (Å²) in [6, 6.07) is 22.6. The molecule has 16 heteroatoms. The Bertz CT molecular complexity index is 2300. The van der Waals surface area contributed by atoms with Gasteiger partial charge in [0.15, 0.2) is 0 Å². The fourth-order valence-corrected chi connectivity index (χ4v) is 7.43. The largest absolute Gasteiger partial charge is 0.492 e. The average molecular weight is 874 g/mol. The van der Waals surface area contributed by atoms with E-state index >= 15 is 0 Å². The van der Waals surface area contributed by atoms with Crippen LogP contribution in [0, 0.1) is 11.3 Å². The summed E-state index contributed by atoms with van der Waals surface area (Å²) in [6.07, 6.45) is 3.31. The predicted molar refractivity (Wildman–Crippen MR) is 244 cm³/mol. The molecule has 4 atom stereocenters. The molecular weight excluding hydrogens is 815 g/mol. The topological polar surface area (TPSA) is 257 Å². The third-order valence-electron chi connectivity index (χ3n) is 10.9. The monoisotopic (exact) mass is 873 g/mol. The standard InChI is InChI=1S/C48H59N9O7/c1-4-5-6-31-7-10-33(11-8-31)34-12-14-35(15-13-34)45(59)55-39(19-20-49)48(62)57(3)43-36-16-18-42(64-26-23-52)38(29-36)37-27-32(9-17-41(37)63-25-22-51)28-40(46(60)53-24-21-50)56-44(58)30(2)54-47(43)61/h7-18,27,29-30,39-40,43H,4-6,19-20,22-26,28,49,51-52H2,1-3H3,(H,53,60)(H,54,61)(H,55,59)(H,56,58)/t30-,39-,40-,43-/m0/s1. The molecule has 0 fully saturated rings. The highest BCUT2D eigenvalue weighted by Gasteiger charge is 2.36. The Kier molecular flexibility index (Phi) is 17.8. The first-order chi connectivity index (χ1) is 30.9. The van der Waals surface area contributed by atoms with Gasteiger partial charge in [0.2, 0.25) is 23.6 Å². The van der Waals surface area contributed by atoms with Gasteiger partial charge in [-0.3, -0.25) is 24.0 Å². The molecule has 10 N–H and O–H groups in total. The van der Waals surface area contributed by atoms with Gasteiger partial charge in [-0.15, -0.1) is 0 Å². The molecule has 64 heavy (non-hydrogen) atoms. The van der Waals surface area contributed by atoms with Crippen molar-refractivity contribution in [3.05, 3.63) is 107 Å². The molecule has 0 saturated heterocycles. The minimum atomic E-state index is -1.37. The highest BCUT2D eigenvalue weighted by Crippen LogP contribution is 2.40. The lowest BCUT2D eigenvalue weighted by Crippen LogP contribution is -2.56. The lowest BCUT2D eigenvalue weighted by molar-refractivity contribution is -0.141. The first-order valence-electron chi connectivity index (χ1n) is 21.6. The number of hydrogen-bond donors (Lipinski definition) is 7. The molecule has 0 unspecified atom stereocenters. The van der Waals surface area contributed by atoms with Gasteiger partial charge in [-0.05, 0) is 96.9 Å². The Morgan fingerprint density at radius 3 is 2.08 bits per heavy atom. The molecule has 0 spiro atoms. The number of ether oxygens (including phenoxy) is 2. The van der Waals surface area contributed by atoms with Crippen molar-refractivity contribution in [2.75, 3.05) is 46.4 Å². The van der Waals surface area contributed by atoms with Crippen molar-refractivity contribution < 1.29 is 33.4 Å². The highest BCUT2D eigenvalue weighted by atomic mass is 16.5. The van der Waals surface area contributed by atoms with Gasteiger partial charge in [-0.1, -0.05) is 61.9 Å². The van der Waals surface area contributed by atoms with E-state index in [1.54, 1.807) is 48.5 Å². The number of likely N-dealkylation sites (N-methyl/N-ethyl adjacent to an activating group) is 1. The Labute approximate surface area is 374 Å². The van der Waals surface area contributed by atoms with E-state index in [0.29, 0.717) is 39.3 Å². The maximum atomic E-state index is 14.6. The Balaban J connectivity index is 1.53. The van der Waals surface area contributed by atoms with Crippen LogP contribution in [-0.2, 0) is 32.0 Å². The number of carbonyl (C=O) groups excluding carboxylic acids is 5. The zero-order chi connectivity index (χ0) is 46.2. The molecule has 0 aliphatic carbocycles. The van der Waals surface area contributed by atoms with Gasteiger partial charge < -0.3 is 52.8 Å². The predicted octanol–water partition coefficient (Wildman–Crippen LogP) is 2.87. The molecule has 338 valence electrons. The van der Waals surface area contributed by atoms with Crippen LogP contribution < -0.4 is 47.9 Å². The lowest BCUT2D eigenvalue weighted by Gasteiger charge is -2.32. The number of fused-ring (bicyclic) bond motifs is 5. The van der Waals surface area contributed by atoms with Crippen LogP contribution in [0.4, 0.5) is 0 Å². The summed E-state index contributed by atoms with van der Waals surface area (Å²) in [5.74, 6) is -2.37. The van der Waals surface area contributed by atoms with E-state index in [1.807, 2.05) is 18.2 Å². The highest BCUT2D eigenvalue weighted by molar-refractivity contribution is 5.99. The van der Waals surface area contributed by atoms with E-state index in [0.717, 1.165) is 30.4 Å². The van der Waals surface area contributed by atoms with Crippen molar-refractivity contribution in [1.82, 2.24) is 26.2 Å². The average Bonchev–Trinajstić information content (AvgIpc) is 3.30. The van der Waals surface area contributed by atoms with Crippen molar-refractivity contribution in [3.8, 4) is 39.8 Å². The summed E-state index contributed by atoms with van der Waals surface area (Å²) in [7, 11) is 1.43. The van der Waals surface area contributed by atoms with Gasteiger partial charge in [0.1, 0.15) is 55.4 Å². The smallest absolute Gasteiger partial charge is 0.251 e. The number of rotatable bonds is 18. The second kappa shape index (κ2) is 23.6. The van der Waals surface area contributed by atoms with Crippen LogP contribution in [0.3, 0.4) is 0 Å². The third-order valence-corrected chi connectivity index (χ3v) is 10.9. The fraction of sp³-hybridized carbons (Fsp3) is 0.375. The number of benzene rings is 4. The number of unbranched alkanes of at least 4 members (excludes halogenated alkanes) is 1. The Hall–Kier alpha value is -6.80. The van der Waals surface area contributed by atoms with E-state index < -0.39 is 53.7 Å². The van der Waals surface area contributed by atoms with Crippen molar-refractivity contribution in [2.24, 2.45) is 17.2 Å². The fourth-order valence-electron chi connectivity index (χ4n) is 7.43. The quantitative estimate of drug-likeness (QED) is 0.0716. The number of nitrogens with zero attached hydrogens (tertiary/aromatic N) is 2. The summed E-state index contributed by atoms with van der Waals surface area (Å²) < 4.78 is 12.2. The molecule has 4 aromatic carbocycles. The van der Waals surface area contributed by atoms with E-state index in [2.05, 4.69) is 52.5 Å². The number of amides is 5. The van der Waals surface area contributed by atoms with Crippen LogP contribution in [0.25, 0.3) is 22.3 Å². The van der Waals surface area contributed by atoms with Gasteiger partial charge >= 0.3 is 0 Å². The van der Waals surface area contributed by atoms with Gasteiger partial charge in [-0.2, -0.15) is 5.26 Å². The molecule has 5 rings (SSSR count). The van der Waals surface area contributed by atoms with Crippen LogP contribution >= 0.6 is 0 Å². The minimum Gasteiger partial charge on any atom is -0.492 e. The van der Waals surface area contributed by atoms with Crippen LogP contribution in [0.5, 0.6) is 11.5 Å². The number of hydrogen-bond acceptors (Lipinski definition) is 11. The molecule has 4 bridgehead atoms. The molecule has 1 heterocycles. The van der Waals surface area contributed by atoms with Crippen LogP contribution in [0.2, 0.25) is 0 Å². The van der Waals surface area contributed by atoms with E-state index in [4.69, 9.17) is 31.9 Å². The van der Waals surface area contributed by atoms with Gasteiger partial charge in [-0.25, -0.2) is 0 Å².